The fourth-order valence-electron chi connectivity index (χ4n) is 1.76. The normalized spacial score (nSPS) is 16.1. The highest BCUT2D eigenvalue weighted by molar-refractivity contribution is 6.34. The van der Waals surface area contributed by atoms with Gasteiger partial charge in [0.2, 0.25) is 0 Å². The Bertz CT molecular complexity index is 461. The molecule has 104 valence electrons. The minimum atomic E-state index is -0.479. The van der Waals surface area contributed by atoms with Gasteiger partial charge in [-0.2, -0.15) is 0 Å². The van der Waals surface area contributed by atoms with E-state index < -0.39 is 6.10 Å². The van der Waals surface area contributed by atoms with Gasteiger partial charge in [-0.05, 0) is 37.5 Å². The molecule has 1 aliphatic carbocycles. The highest BCUT2D eigenvalue weighted by Gasteiger charge is 2.22. The maximum absolute atomic E-state index is 11.9. The average molecular weight is 283 g/mol. The molecule has 1 amide bonds. The van der Waals surface area contributed by atoms with Crippen LogP contribution in [-0.4, -0.2) is 18.6 Å². The van der Waals surface area contributed by atoms with E-state index in [-0.39, 0.29) is 5.91 Å². The monoisotopic (exact) mass is 282 g/mol. The van der Waals surface area contributed by atoms with E-state index in [2.05, 4.69) is 5.32 Å². The van der Waals surface area contributed by atoms with Crippen molar-refractivity contribution in [1.82, 2.24) is 0 Å². The van der Waals surface area contributed by atoms with Gasteiger partial charge in [-0.1, -0.05) is 24.4 Å². The Kier molecular flexibility index (Phi) is 4.66. The molecule has 0 radical (unpaired) electrons. The van der Waals surface area contributed by atoms with Gasteiger partial charge >= 0.3 is 0 Å². The molecule has 0 heterocycles. The van der Waals surface area contributed by atoms with Crippen molar-refractivity contribution >= 4 is 28.9 Å². The summed E-state index contributed by atoms with van der Waals surface area (Å²) in [6.45, 7) is 2.38. The number of carbonyl (C=O) groups excluding carboxylic acids is 1. The Morgan fingerprint density at radius 1 is 1.58 bits per heavy atom. The van der Waals surface area contributed by atoms with Crippen LogP contribution in [0.4, 0.5) is 11.4 Å². The lowest BCUT2D eigenvalue weighted by molar-refractivity contribution is -0.126. The zero-order valence-electron chi connectivity index (χ0n) is 11.0. The molecule has 4 nitrogen and oxygen atoms in total. The third-order valence-corrected chi connectivity index (χ3v) is 3.52. The fraction of sp³-hybridized carbons (Fsp3) is 0.500. The number of ether oxygens (including phenoxy) is 1. The van der Waals surface area contributed by atoms with E-state index in [9.17, 15) is 4.79 Å². The molecule has 1 aliphatic rings. The van der Waals surface area contributed by atoms with E-state index in [4.69, 9.17) is 22.1 Å². The molecular formula is C14H19ClN2O2. The fourth-order valence-corrected chi connectivity index (χ4v) is 2.00. The van der Waals surface area contributed by atoms with Crippen LogP contribution in [-0.2, 0) is 9.53 Å². The van der Waals surface area contributed by atoms with Gasteiger partial charge in [-0.25, -0.2) is 0 Å². The number of amides is 1. The summed E-state index contributed by atoms with van der Waals surface area (Å²) >= 11 is 6.00. The van der Waals surface area contributed by atoms with Crippen LogP contribution >= 0.6 is 11.6 Å². The number of carbonyl (C=O) groups is 1. The predicted octanol–water partition coefficient (Wildman–Crippen LogP) is 3.07. The van der Waals surface area contributed by atoms with Crippen molar-refractivity contribution in [1.29, 1.82) is 0 Å². The summed E-state index contributed by atoms with van der Waals surface area (Å²) in [6, 6.07) is 4.99. The number of rotatable bonds is 6. The molecular weight excluding hydrogens is 264 g/mol. The van der Waals surface area contributed by atoms with Crippen molar-refractivity contribution in [3.8, 4) is 0 Å². The Balaban J connectivity index is 1.81. The molecule has 1 fully saturated rings. The first-order chi connectivity index (χ1) is 9.06. The van der Waals surface area contributed by atoms with Crippen molar-refractivity contribution in [3.63, 3.8) is 0 Å². The summed E-state index contributed by atoms with van der Waals surface area (Å²) in [6.07, 6.45) is 3.16. The van der Waals surface area contributed by atoms with Gasteiger partial charge in [0.15, 0.2) is 0 Å². The lowest BCUT2D eigenvalue weighted by Gasteiger charge is -2.14. The summed E-state index contributed by atoms with van der Waals surface area (Å²) in [5.74, 6) is 0.615. The average Bonchev–Trinajstić information content (AvgIpc) is 3.16. The Morgan fingerprint density at radius 3 is 2.95 bits per heavy atom. The van der Waals surface area contributed by atoms with Crippen molar-refractivity contribution in [2.75, 3.05) is 17.7 Å². The molecule has 1 unspecified atom stereocenters. The second-order valence-corrected chi connectivity index (χ2v) is 5.38. The van der Waals surface area contributed by atoms with Gasteiger partial charge < -0.3 is 15.8 Å². The topological polar surface area (TPSA) is 64.3 Å². The van der Waals surface area contributed by atoms with E-state index in [1.165, 1.54) is 12.8 Å². The van der Waals surface area contributed by atoms with Crippen molar-refractivity contribution in [2.45, 2.75) is 32.3 Å². The highest BCUT2D eigenvalue weighted by Crippen LogP contribution is 2.32. The van der Waals surface area contributed by atoms with Crippen molar-refractivity contribution in [3.05, 3.63) is 23.2 Å². The van der Waals surface area contributed by atoms with Crippen LogP contribution in [0, 0.1) is 5.92 Å². The van der Waals surface area contributed by atoms with E-state index in [0.717, 1.165) is 12.3 Å². The highest BCUT2D eigenvalue weighted by atomic mass is 35.5. The van der Waals surface area contributed by atoms with E-state index in [1.807, 2.05) is 0 Å². The number of nitrogens with two attached hydrogens (primary N) is 1. The maximum Gasteiger partial charge on any atom is 0.253 e. The molecule has 1 aromatic carbocycles. The third-order valence-electron chi connectivity index (χ3n) is 3.21. The van der Waals surface area contributed by atoms with Gasteiger partial charge in [-0.3, -0.25) is 4.79 Å². The van der Waals surface area contributed by atoms with Crippen molar-refractivity contribution < 1.29 is 9.53 Å². The molecule has 0 bridgehead atoms. The lowest BCUT2D eigenvalue weighted by atomic mass is 10.2. The van der Waals surface area contributed by atoms with E-state index in [1.54, 1.807) is 25.1 Å². The van der Waals surface area contributed by atoms with E-state index in [0.29, 0.717) is 23.0 Å². The summed E-state index contributed by atoms with van der Waals surface area (Å²) in [7, 11) is 0. The number of hydrogen-bond donors (Lipinski definition) is 2. The van der Waals surface area contributed by atoms with Crippen LogP contribution in [0.15, 0.2) is 18.2 Å². The Hall–Kier alpha value is -1.26. The first kappa shape index (κ1) is 14.2. The number of anilines is 2. The summed E-state index contributed by atoms with van der Waals surface area (Å²) < 4.78 is 5.51. The molecule has 1 aromatic rings. The molecule has 0 spiro atoms. The molecule has 3 N–H and O–H groups in total. The third kappa shape index (κ3) is 4.40. The molecule has 0 aliphatic heterocycles. The van der Waals surface area contributed by atoms with Gasteiger partial charge in [0.05, 0.1) is 10.7 Å². The quantitative estimate of drug-likeness (QED) is 0.788. The standard InChI is InChI=1S/C14H19ClN2O2/c1-9(19-7-6-10-2-3-10)14(18)17-13-5-4-11(16)8-12(13)15/h4-5,8-10H,2-3,6-7,16H2,1H3,(H,17,18). The Morgan fingerprint density at radius 2 is 2.32 bits per heavy atom. The zero-order valence-corrected chi connectivity index (χ0v) is 11.7. The molecule has 0 aromatic heterocycles. The largest absolute Gasteiger partial charge is 0.399 e. The van der Waals surface area contributed by atoms with Crippen LogP contribution in [0.2, 0.25) is 5.02 Å². The van der Waals surface area contributed by atoms with Crippen LogP contribution in [0.1, 0.15) is 26.2 Å². The summed E-state index contributed by atoms with van der Waals surface area (Å²) in [4.78, 5) is 11.9. The van der Waals surface area contributed by atoms with Gasteiger partial charge in [0.1, 0.15) is 6.10 Å². The first-order valence-electron chi connectivity index (χ1n) is 6.53. The predicted molar refractivity (Wildman–Crippen MR) is 77.2 cm³/mol. The second kappa shape index (κ2) is 6.26. The summed E-state index contributed by atoms with van der Waals surface area (Å²) in [5.41, 5.74) is 6.72. The zero-order chi connectivity index (χ0) is 13.8. The molecule has 19 heavy (non-hydrogen) atoms. The van der Waals surface area contributed by atoms with Gasteiger partial charge in [-0.15, -0.1) is 0 Å². The van der Waals surface area contributed by atoms with Gasteiger partial charge in [0, 0.05) is 12.3 Å². The van der Waals surface area contributed by atoms with Crippen LogP contribution in [0.3, 0.4) is 0 Å². The van der Waals surface area contributed by atoms with E-state index >= 15 is 0 Å². The van der Waals surface area contributed by atoms with Crippen molar-refractivity contribution in [2.24, 2.45) is 5.92 Å². The Labute approximate surface area is 118 Å². The van der Waals surface area contributed by atoms with Crippen LogP contribution in [0.25, 0.3) is 0 Å². The number of halogens is 1. The van der Waals surface area contributed by atoms with Gasteiger partial charge in [0.25, 0.3) is 5.91 Å². The maximum atomic E-state index is 11.9. The molecule has 1 saturated carbocycles. The number of nitrogen functional groups attached to an aromatic ring is 1. The first-order valence-corrected chi connectivity index (χ1v) is 6.91. The SMILES string of the molecule is CC(OCCC1CC1)C(=O)Nc1ccc(N)cc1Cl. The lowest BCUT2D eigenvalue weighted by Crippen LogP contribution is -2.28. The molecule has 1 atom stereocenters. The second-order valence-electron chi connectivity index (χ2n) is 4.97. The molecule has 0 saturated heterocycles. The molecule has 5 heteroatoms. The van der Waals surface area contributed by atoms with Crippen LogP contribution < -0.4 is 11.1 Å². The number of benzene rings is 1. The number of nitrogens with one attached hydrogen (secondary N) is 1. The summed E-state index contributed by atoms with van der Waals surface area (Å²) in [5, 5.41) is 3.17. The minimum Gasteiger partial charge on any atom is -0.399 e. The minimum absolute atomic E-state index is 0.192. The molecule has 2 rings (SSSR count). The van der Waals surface area contributed by atoms with Crippen LogP contribution in [0.5, 0.6) is 0 Å². The number of hydrogen-bond acceptors (Lipinski definition) is 3. The smallest absolute Gasteiger partial charge is 0.253 e.